The zero-order chi connectivity index (χ0) is 19.5. The number of amides is 1. The third-order valence-electron chi connectivity index (χ3n) is 5.65. The van der Waals surface area contributed by atoms with E-state index in [0.717, 1.165) is 44.0 Å². The van der Waals surface area contributed by atoms with Crippen LogP contribution >= 0.6 is 0 Å². The molecule has 0 N–H and O–H groups in total. The molecule has 2 aliphatic heterocycles. The largest absolute Gasteiger partial charge is 0.484 e. The van der Waals surface area contributed by atoms with Gasteiger partial charge in [0.1, 0.15) is 17.4 Å². The lowest BCUT2D eigenvalue weighted by atomic mass is 9.99. The van der Waals surface area contributed by atoms with Crippen LogP contribution in [-0.2, 0) is 9.53 Å². The molecule has 6 nitrogen and oxygen atoms in total. The quantitative estimate of drug-likeness (QED) is 0.791. The lowest BCUT2D eigenvalue weighted by Gasteiger charge is -2.26. The molecule has 2 saturated heterocycles. The second-order valence-corrected chi connectivity index (χ2v) is 7.54. The third kappa shape index (κ3) is 4.04. The lowest BCUT2D eigenvalue weighted by Crippen LogP contribution is -2.33. The Morgan fingerprint density at radius 2 is 2.00 bits per heavy atom. The summed E-state index contributed by atoms with van der Waals surface area (Å²) in [5.74, 6) is 1.68. The molecule has 1 atom stereocenters. The number of nitrogens with zero attached hydrogens (tertiary/aromatic N) is 3. The van der Waals surface area contributed by atoms with E-state index in [1.165, 1.54) is 24.3 Å². The van der Waals surface area contributed by atoms with Crippen LogP contribution in [0.25, 0.3) is 0 Å². The van der Waals surface area contributed by atoms with E-state index in [1.54, 1.807) is 0 Å². The van der Waals surface area contributed by atoms with Crippen LogP contribution in [0.1, 0.15) is 42.7 Å². The van der Waals surface area contributed by atoms with Crippen LogP contribution in [0.2, 0.25) is 0 Å². The first-order valence-corrected chi connectivity index (χ1v) is 9.89. The number of aromatic nitrogens is 2. The molecule has 0 aliphatic carbocycles. The maximum Gasteiger partial charge on any atom is 0.260 e. The van der Waals surface area contributed by atoms with Crippen molar-refractivity contribution in [2.75, 3.05) is 32.9 Å². The summed E-state index contributed by atoms with van der Waals surface area (Å²) in [6.45, 7) is 4.99. The monoisotopic (exact) mass is 387 g/mol. The molecule has 1 unspecified atom stereocenters. The molecular weight excluding hydrogens is 361 g/mol. The minimum absolute atomic E-state index is 0.0336. The fourth-order valence-corrected chi connectivity index (χ4v) is 4.14. The Kier molecular flexibility index (Phi) is 5.62. The van der Waals surface area contributed by atoms with Gasteiger partial charge in [0.05, 0.1) is 6.04 Å². The van der Waals surface area contributed by atoms with Gasteiger partial charge in [-0.3, -0.25) is 4.79 Å². The van der Waals surface area contributed by atoms with Crippen molar-refractivity contribution in [1.82, 2.24) is 14.5 Å². The van der Waals surface area contributed by atoms with Crippen LogP contribution in [0.5, 0.6) is 5.75 Å². The second-order valence-electron chi connectivity index (χ2n) is 7.54. The van der Waals surface area contributed by atoms with Gasteiger partial charge in [-0.1, -0.05) is 0 Å². The average molecular weight is 387 g/mol. The molecule has 2 aromatic rings. The fraction of sp³-hybridized carbons (Fsp3) is 0.524. The predicted molar refractivity (Wildman–Crippen MR) is 102 cm³/mol. The molecule has 150 valence electrons. The maximum atomic E-state index is 13.0. The summed E-state index contributed by atoms with van der Waals surface area (Å²) in [5.41, 5.74) is 1.14. The number of hydrogen-bond donors (Lipinski definition) is 0. The van der Waals surface area contributed by atoms with Gasteiger partial charge < -0.3 is 18.9 Å². The summed E-state index contributed by atoms with van der Waals surface area (Å²) < 4.78 is 26.3. The van der Waals surface area contributed by atoms with Gasteiger partial charge >= 0.3 is 0 Å². The van der Waals surface area contributed by atoms with Gasteiger partial charge in [-0.2, -0.15) is 0 Å². The molecule has 0 radical (unpaired) electrons. The minimum atomic E-state index is -0.322. The minimum Gasteiger partial charge on any atom is -0.484 e. The number of benzene rings is 1. The van der Waals surface area contributed by atoms with Crippen molar-refractivity contribution in [1.29, 1.82) is 0 Å². The summed E-state index contributed by atoms with van der Waals surface area (Å²) in [7, 11) is 0. The third-order valence-corrected chi connectivity index (χ3v) is 5.65. The molecule has 2 fully saturated rings. The number of halogens is 1. The van der Waals surface area contributed by atoms with Crippen LogP contribution in [0.3, 0.4) is 0 Å². The van der Waals surface area contributed by atoms with E-state index in [4.69, 9.17) is 9.47 Å². The highest BCUT2D eigenvalue weighted by Crippen LogP contribution is 2.32. The van der Waals surface area contributed by atoms with E-state index >= 15 is 0 Å². The molecule has 2 aliphatic rings. The zero-order valence-corrected chi connectivity index (χ0v) is 16.1. The van der Waals surface area contributed by atoms with E-state index in [9.17, 15) is 9.18 Å². The molecule has 28 heavy (non-hydrogen) atoms. The highest BCUT2D eigenvalue weighted by Gasteiger charge is 2.31. The number of imidazole rings is 1. The summed E-state index contributed by atoms with van der Waals surface area (Å²) in [6, 6.07) is 5.96. The van der Waals surface area contributed by atoms with Gasteiger partial charge in [0, 0.05) is 44.1 Å². The second kappa shape index (κ2) is 8.31. The number of rotatable bonds is 5. The summed E-state index contributed by atoms with van der Waals surface area (Å²) in [5, 5.41) is 0. The van der Waals surface area contributed by atoms with E-state index in [1.807, 2.05) is 11.1 Å². The smallest absolute Gasteiger partial charge is 0.260 e. The molecule has 4 rings (SSSR count). The van der Waals surface area contributed by atoms with Crippen molar-refractivity contribution < 1.29 is 18.7 Å². The van der Waals surface area contributed by atoms with Crippen molar-refractivity contribution in [3.05, 3.63) is 47.8 Å². The van der Waals surface area contributed by atoms with Crippen LogP contribution in [0.4, 0.5) is 4.39 Å². The van der Waals surface area contributed by atoms with Crippen molar-refractivity contribution >= 4 is 5.91 Å². The Morgan fingerprint density at radius 1 is 1.25 bits per heavy atom. The lowest BCUT2D eigenvalue weighted by molar-refractivity contribution is -0.132. The first-order chi connectivity index (χ1) is 13.6. The predicted octanol–water partition coefficient (Wildman–Crippen LogP) is 3.08. The SMILES string of the molecule is Cc1cnc(C2CCOCC2)n1C1CCN(C(=O)COc2ccc(F)cc2)C1. The first kappa shape index (κ1) is 18.9. The van der Waals surface area contributed by atoms with Crippen molar-refractivity contribution in [2.24, 2.45) is 0 Å². The Balaban J connectivity index is 1.38. The van der Waals surface area contributed by atoms with Gasteiger partial charge in [0.15, 0.2) is 6.61 Å². The molecule has 0 saturated carbocycles. The molecule has 1 amide bonds. The number of carbonyl (C=O) groups excluding carboxylic acids is 1. The maximum absolute atomic E-state index is 13.0. The molecular formula is C21H26FN3O3. The highest BCUT2D eigenvalue weighted by atomic mass is 19.1. The van der Waals surface area contributed by atoms with Crippen LogP contribution in [0.15, 0.2) is 30.5 Å². The van der Waals surface area contributed by atoms with Gasteiger partial charge in [0.2, 0.25) is 0 Å². The first-order valence-electron chi connectivity index (χ1n) is 9.89. The van der Waals surface area contributed by atoms with Crippen LogP contribution in [0, 0.1) is 12.7 Å². The Morgan fingerprint density at radius 3 is 2.75 bits per heavy atom. The number of aryl methyl sites for hydroxylation is 1. The molecule has 0 spiro atoms. The summed E-state index contributed by atoms with van der Waals surface area (Å²) >= 11 is 0. The normalized spacial score (nSPS) is 20.5. The van der Waals surface area contributed by atoms with Crippen molar-refractivity contribution in [3.63, 3.8) is 0 Å². The highest BCUT2D eigenvalue weighted by molar-refractivity contribution is 5.78. The van der Waals surface area contributed by atoms with Gasteiger partial charge in [-0.05, 0) is 50.5 Å². The standard InChI is InChI=1S/C21H26FN3O3/c1-15-12-23-21(16-7-10-27-11-8-16)25(15)18-6-9-24(13-18)20(26)14-28-19-4-2-17(22)3-5-19/h2-5,12,16,18H,6-11,13-14H2,1H3. The van der Waals surface area contributed by atoms with Crippen molar-refractivity contribution in [2.45, 2.75) is 38.1 Å². The van der Waals surface area contributed by atoms with E-state index in [2.05, 4.69) is 16.5 Å². The number of carbonyl (C=O) groups is 1. The van der Waals surface area contributed by atoms with Crippen LogP contribution in [-0.4, -0.2) is 53.3 Å². The number of ether oxygens (including phenoxy) is 2. The van der Waals surface area contributed by atoms with E-state index in [0.29, 0.717) is 24.8 Å². The molecule has 0 bridgehead atoms. The summed E-state index contributed by atoms with van der Waals surface area (Å²) in [6.07, 6.45) is 4.84. The van der Waals surface area contributed by atoms with E-state index in [-0.39, 0.29) is 24.4 Å². The van der Waals surface area contributed by atoms with Crippen molar-refractivity contribution in [3.8, 4) is 5.75 Å². The van der Waals surface area contributed by atoms with Crippen LogP contribution < -0.4 is 4.74 Å². The zero-order valence-electron chi connectivity index (χ0n) is 16.1. The fourth-order valence-electron chi connectivity index (χ4n) is 4.14. The Labute approximate surface area is 164 Å². The van der Waals surface area contributed by atoms with E-state index < -0.39 is 0 Å². The van der Waals surface area contributed by atoms with Gasteiger partial charge in [-0.25, -0.2) is 9.37 Å². The number of hydrogen-bond acceptors (Lipinski definition) is 4. The van der Waals surface area contributed by atoms with Gasteiger partial charge in [0.25, 0.3) is 5.91 Å². The Bertz CT molecular complexity index is 815. The molecule has 1 aromatic heterocycles. The Hall–Kier alpha value is -2.41. The molecule has 3 heterocycles. The molecule has 1 aromatic carbocycles. The number of likely N-dealkylation sites (tertiary alicyclic amines) is 1. The van der Waals surface area contributed by atoms with Gasteiger partial charge in [-0.15, -0.1) is 0 Å². The molecule has 7 heteroatoms. The summed E-state index contributed by atoms with van der Waals surface area (Å²) in [4.78, 5) is 19.1. The average Bonchev–Trinajstić information content (AvgIpc) is 3.34. The topological polar surface area (TPSA) is 56.6 Å².